The van der Waals surface area contributed by atoms with Gasteiger partial charge in [0.15, 0.2) is 0 Å². The maximum Gasteiger partial charge on any atom is 0.338 e. The average molecular weight is 312 g/mol. The number of hydrogen-bond acceptors (Lipinski definition) is 3. The average Bonchev–Trinajstić information content (AvgIpc) is 2.54. The van der Waals surface area contributed by atoms with Gasteiger partial charge in [0.1, 0.15) is 0 Å². The second-order valence-electron chi connectivity index (χ2n) is 6.00. The summed E-state index contributed by atoms with van der Waals surface area (Å²) in [6, 6.07) is 8.79. The summed E-state index contributed by atoms with van der Waals surface area (Å²) in [5.41, 5.74) is 3.12. The summed E-state index contributed by atoms with van der Waals surface area (Å²) >= 11 is 0. The highest BCUT2D eigenvalue weighted by molar-refractivity contribution is 5.96. The zero-order valence-corrected chi connectivity index (χ0v) is 13.5. The first kappa shape index (κ1) is 15.3. The molecule has 3 rings (SSSR count). The van der Waals surface area contributed by atoms with Gasteiger partial charge in [0, 0.05) is 6.04 Å². The third-order valence-electron chi connectivity index (χ3n) is 4.29. The summed E-state index contributed by atoms with van der Waals surface area (Å²) in [7, 11) is 1.36. The molecule has 5 nitrogen and oxygen atoms in total. The standard InChI is InChI=1S/C18H20N2O3/c1-11-9-12(2)20-14(10-11)15(17(21)23-3)16(19-18(20)22)13-7-5-4-6-8-13/h4-8,10,12,16H,9H2,1-3H3,(H,19,22). The Morgan fingerprint density at radius 3 is 2.65 bits per heavy atom. The van der Waals surface area contributed by atoms with Crippen molar-refractivity contribution < 1.29 is 14.3 Å². The number of hydrogen-bond donors (Lipinski definition) is 1. The Morgan fingerprint density at radius 2 is 2.00 bits per heavy atom. The van der Waals surface area contributed by atoms with Crippen molar-refractivity contribution >= 4 is 12.0 Å². The zero-order valence-electron chi connectivity index (χ0n) is 13.5. The molecule has 23 heavy (non-hydrogen) atoms. The Balaban J connectivity index is 2.21. The number of fused-ring (bicyclic) bond motifs is 1. The van der Waals surface area contributed by atoms with E-state index < -0.39 is 12.0 Å². The molecule has 2 atom stereocenters. The number of urea groups is 1. The number of methoxy groups -OCH3 is 1. The van der Waals surface area contributed by atoms with Gasteiger partial charge in [-0.3, -0.25) is 4.90 Å². The lowest BCUT2D eigenvalue weighted by Crippen LogP contribution is -2.52. The van der Waals surface area contributed by atoms with Crippen molar-refractivity contribution in [3.63, 3.8) is 0 Å². The van der Waals surface area contributed by atoms with E-state index in [2.05, 4.69) is 5.32 Å². The second kappa shape index (κ2) is 5.91. The second-order valence-corrected chi connectivity index (χ2v) is 6.00. The van der Waals surface area contributed by atoms with Crippen LogP contribution in [-0.4, -0.2) is 30.1 Å². The summed E-state index contributed by atoms with van der Waals surface area (Å²) in [6.07, 6.45) is 2.71. The molecule has 1 aromatic rings. The summed E-state index contributed by atoms with van der Waals surface area (Å²) in [5.74, 6) is -0.419. The van der Waals surface area contributed by atoms with E-state index in [9.17, 15) is 9.59 Å². The molecule has 2 heterocycles. The third-order valence-corrected chi connectivity index (χ3v) is 4.29. The largest absolute Gasteiger partial charge is 0.466 e. The van der Waals surface area contributed by atoms with Crippen LogP contribution in [0.4, 0.5) is 4.79 Å². The van der Waals surface area contributed by atoms with Gasteiger partial charge < -0.3 is 10.1 Å². The first-order chi connectivity index (χ1) is 11.0. The van der Waals surface area contributed by atoms with Crippen molar-refractivity contribution in [1.82, 2.24) is 10.2 Å². The Morgan fingerprint density at radius 1 is 1.30 bits per heavy atom. The van der Waals surface area contributed by atoms with Crippen LogP contribution in [0, 0.1) is 0 Å². The van der Waals surface area contributed by atoms with Crippen LogP contribution in [0.2, 0.25) is 0 Å². The molecule has 0 fully saturated rings. The van der Waals surface area contributed by atoms with E-state index in [0.29, 0.717) is 11.3 Å². The van der Waals surface area contributed by atoms with E-state index in [1.54, 1.807) is 4.90 Å². The van der Waals surface area contributed by atoms with Crippen molar-refractivity contribution in [3.05, 3.63) is 58.8 Å². The van der Waals surface area contributed by atoms with Crippen LogP contribution in [0.3, 0.4) is 0 Å². The predicted octanol–water partition coefficient (Wildman–Crippen LogP) is 2.92. The maximum absolute atomic E-state index is 12.6. The molecule has 2 aliphatic heterocycles. The van der Waals surface area contributed by atoms with Crippen molar-refractivity contribution in [2.45, 2.75) is 32.4 Å². The molecule has 0 aliphatic carbocycles. The number of ether oxygens (including phenoxy) is 1. The van der Waals surface area contributed by atoms with Gasteiger partial charge in [0.2, 0.25) is 0 Å². The van der Waals surface area contributed by atoms with Crippen LogP contribution in [0.25, 0.3) is 0 Å². The van der Waals surface area contributed by atoms with Gasteiger partial charge in [-0.2, -0.15) is 0 Å². The molecule has 0 aromatic heterocycles. The van der Waals surface area contributed by atoms with Crippen molar-refractivity contribution in [2.75, 3.05) is 7.11 Å². The number of nitrogens with zero attached hydrogens (tertiary/aromatic N) is 1. The molecule has 120 valence electrons. The fraction of sp³-hybridized carbons (Fsp3) is 0.333. The van der Waals surface area contributed by atoms with Gasteiger partial charge in [0.05, 0.1) is 24.4 Å². The summed E-state index contributed by atoms with van der Waals surface area (Å²) < 4.78 is 4.99. The number of benzene rings is 1. The Bertz CT molecular complexity index is 706. The smallest absolute Gasteiger partial charge is 0.338 e. The van der Waals surface area contributed by atoms with E-state index in [1.165, 1.54) is 7.11 Å². The fourth-order valence-corrected chi connectivity index (χ4v) is 3.31. The van der Waals surface area contributed by atoms with Gasteiger partial charge in [-0.05, 0) is 31.9 Å². The number of allylic oxidation sites excluding steroid dienone is 1. The fourth-order valence-electron chi connectivity index (χ4n) is 3.31. The molecular formula is C18H20N2O3. The first-order valence-corrected chi connectivity index (χ1v) is 7.67. The topological polar surface area (TPSA) is 58.6 Å². The number of rotatable bonds is 2. The van der Waals surface area contributed by atoms with E-state index in [1.807, 2.05) is 50.3 Å². The lowest BCUT2D eigenvalue weighted by molar-refractivity contribution is -0.136. The van der Waals surface area contributed by atoms with Crippen LogP contribution in [0.15, 0.2) is 53.3 Å². The maximum atomic E-state index is 12.6. The van der Waals surface area contributed by atoms with Crippen LogP contribution < -0.4 is 5.32 Å². The first-order valence-electron chi connectivity index (χ1n) is 7.67. The quantitative estimate of drug-likeness (QED) is 0.854. The van der Waals surface area contributed by atoms with Crippen LogP contribution in [0.1, 0.15) is 31.9 Å². The molecule has 0 bridgehead atoms. The summed E-state index contributed by atoms with van der Waals surface area (Å²) in [6.45, 7) is 3.99. The number of amides is 2. The van der Waals surface area contributed by atoms with Crippen molar-refractivity contribution in [1.29, 1.82) is 0 Å². The third kappa shape index (κ3) is 2.63. The minimum atomic E-state index is -0.503. The van der Waals surface area contributed by atoms with E-state index in [0.717, 1.165) is 17.6 Å². The molecule has 0 spiro atoms. The Hall–Kier alpha value is -2.56. The highest BCUT2D eigenvalue weighted by Gasteiger charge is 2.40. The molecule has 0 radical (unpaired) electrons. The highest BCUT2D eigenvalue weighted by atomic mass is 16.5. The minimum absolute atomic E-state index is 0.00591. The molecule has 0 saturated carbocycles. The van der Waals surface area contributed by atoms with Crippen LogP contribution in [-0.2, 0) is 9.53 Å². The molecule has 5 heteroatoms. The van der Waals surface area contributed by atoms with Crippen LogP contribution >= 0.6 is 0 Å². The zero-order chi connectivity index (χ0) is 16.6. The van der Waals surface area contributed by atoms with Gasteiger partial charge in [-0.1, -0.05) is 35.9 Å². The van der Waals surface area contributed by atoms with Gasteiger partial charge in [-0.15, -0.1) is 0 Å². The molecule has 2 aliphatic rings. The summed E-state index contributed by atoms with van der Waals surface area (Å²) in [4.78, 5) is 26.7. The predicted molar refractivity (Wildman–Crippen MR) is 86.4 cm³/mol. The lowest BCUT2D eigenvalue weighted by atomic mass is 9.90. The Kier molecular flexibility index (Phi) is 3.94. The van der Waals surface area contributed by atoms with E-state index in [-0.39, 0.29) is 12.1 Å². The number of esters is 1. The minimum Gasteiger partial charge on any atom is -0.466 e. The molecule has 0 saturated heterocycles. The molecule has 1 aromatic carbocycles. The monoisotopic (exact) mass is 312 g/mol. The van der Waals surface area contributed by atoms with Gasteiger partial charge in [-0.25, -0.2) is 9.59 Å². The SMILES string of the molecule is COC(=O)C1=C2C=C(C)CC(C)N2C(=O)NC1c1ccccc1. The van der Waals surface area contributed by atoms with Crippen LogP contribution in [0.5, 0.6) is 0 Å². The van der Waals surface area contributed by atoms with Gasteiger partial charge in [0.25, 0.3) is 0 Å². The van der Waals surface area contributed by atoms with Crippen molar-refractivity contribution in [3.8, 4) is 0 Å². The normalized spacial score (nSPS) is 23.9. The van der Waals surface area contributed by atoms with E-state index >= 15 is 0 Å². The number of carbonyl (C=O) groups is 2. The molecular weight excluding hydrogens is 292 g/mol. The lowest BCUT2D eigenvalue weighted by Gasteiger charge is -2.41. The Labute approximate surface area is 135 Å². The highest BCUT2D eigenvalue weighted by Crippen LogP contribution is 2.36. The van der Waals surface area contributed by atoms with Crippen molar-refractivity contribution in [2.24, 2.45) is 0 Å². The number of carbonyl (C=O) groups excluding carboxylic acids is 2. The molecule has 2 unspecified atom stereocenters. The molecule has 1 N–H and O–H groups in total. The van der Waals surface area contributed by atoms with E-state index in [4.69, 9.17) is 4.74 Å². The number of nitrogens with one attached hydrogen (secondary N) is 1. The van der Waals surface area contributed by atoms with Gasteiger partial charge >= 0.3 is 12.0 Å². The molecule has 2 amide bonds. The summed E-state index contributed by atoms with van der Waals surface area (Å²) in [5, 5.41) is 2.94.